The Morgan fingerprint density at radius 2 is 1.74 bits per heavy atom. The molecule has 4 rings (SSSR count). The number of fused-ring (bicyclic) bond motifs is 2. The molecule has 0 aliphatic rings. The van der Waals surface area contributed by atoms with E-state index in [4.69, 9.17) is 0 Å². The van der Waals surface area contributed by atoms with Gasteiger partial charge in [-0.15, -0.1) is 0 Å². The van der Waals surface area contributed by atoms with Crippen LogP contribution in [-0.4, -0.2) is 21.3 Å². The van der Waals surface area contributed by atoms with E-state index in [1.54, 1.807) is 20.0 Å². The number of carbonyl (C=O) groups is 1. The second-order valence-electron chi connectivity index (χ2n) is 7.08. The first-order chi connectivity index (χ1) is 14.8. The Kier molecular flexibility index (Phi) is 5.14. The largest absolute Gasteiger partial charge is 0.507 e. The Morgan fingerprint density at radius 3 is 2.42 bits per heavy atom. The third-order valence-corrected chi connectivity index (χ3v) is 5.21. The van der Waals surface area contributed by atoms with E-state index in [-0.39, 0.29) is 22.2 Å². The van der Waals surface area contributed by atoms with Gasteiger partial charge in [0.15, 0.2) is 17.5 Å². The third-order valence-electron chi connectivity index (χ3n) is 5.21. The molecule has 5 nitrogen and oxygen atoms in total. The molecule has 2 N–H and O–H groups in total. The quantitative estimate of drug-likeness (QED) is 0.275. The van der Waals surface area contributed by atoms with E-state index < -0.39 is 23.4 Å². The summed E-state index contributed by atoms with van der Waals surface area (Å²) in [6, 6.07) is 12.6. The monoisotopic (exact) mass is 425 g/mol. The average molecular weight is 425 g/mol. The number of amides is 1. The minimum Gasteiger partial charge on any atom is -0.507 e. The van der Waals surface area contributed by atoms with Crippen molar-refractivity contribution in [2.24, 2.45) is 12.1 Å². The Labute approximate surface area is 175 Å². The molecule has 0 atom stereocenters. The Balaban J connectivity index is 1.70. The van der Waals surface area contributed by atoms with Crippen molar-refractivity contribution in [3.05, 3.63) is 77.2 Å². The van der Waals surface area contributed by atoms with Crippen molar-refractivity contribution >= 4 is 33.3 Å². The summed E-state index contributed by atoms with van der Waals surface area (Å²) >= 11 is 0. The van der Waals surface area contributed by atoms with Crippen LogP contribution < -0.4 is 5.43 Å². The fourth-order valence-corrected chi connectivity index (χ4v) is 3.56. The molecule has 0 saturated carbocycles. The molecule has 0 unspecified atom stereocenters. The van der Waals surface area contributed by atoms with E-state index in [0.717, 1.165) is 16.8 Å². The van der Waals surface area contributed by atoms with Gasteiger partial charge in [0.1, 0.15) is 5.75 Å². The number of phenols is 1. The number of nitrogens with zero attached hydrogens (tertiary/aromatic N) is 2. The van der Waals surface area contributed by atoms with E-state index in [9.17, 15) is 23.1 Å². The zero-order valence-corrected chi connectivity index (χ0v) is 16.7. The number of aromatic hydroxyl groups is 1. The SMILES string of the molecule is CC/C(=N\NC(=O)c1cc2ccccc2cc1O)c1cc2c(F)c(F)c(F)cc2n1C. The van der Waals surface area contributed by atoms with Crippen LogP contribution in [0.15, 0.2) is 53.6 Å². The number of hydrazone groups is 1. The number of aromatic nitrogens is 1. The average Bonchev–Trinajstić information content (AvgIpc) is 3.08. The number of phenolic OH excluding ortho intramolecular Hbond substituents is 1. The highest BCUT2D eigenvalue weighted by Gasteiger charge is 2.20. The van der Waals surface area contributed by atoms with Gasteiger partial charge in [-0.2, -0.15) is 5.10 Å². The lowest BCUT2D eigenvalue weighted by Crippen LogP contribution is -2.21. The molecule has 8 heteroatoms. The predicted octanol–water partition coefficient (Wildman–Crippen LogP) is 5.00. The van der Waals surface area contributed by atoms with E-state index in [0.29, 0.717) is 17.8 Å². The normalized spacial score (nSPS) is 12.0. The van der Waals surface area contributed by atoms with Gasteiger partial charge >= 0.3 is 0 Å². The van der Waals surface area contributed by atoms with Crippen LogP contribution in [-0.2, 0) is 7.05 Å². The molecule has 0 spiro atoms. The molecule has 0 bridgehead atoms. The van der Waals surface area contributed by atoms with Crippen LogP contribution in [0, 0.1) is 17.5 Å². The number of hydrogen-bond donors (Lipinski definition) is 2. The van der Waals surface area contributed by atoms with Gasteiger partial charge < -0.3 is 9.67 Å². The standard InChI is InChI=1S/C23H18F3N3O2/c1-3-17(19-10-14-18(29(19)2)11-16(24)22(26)21(14)25)27-28-23(31)15-8-12-6-4-5-7-13(12)9-20(15)30/h4-11,30H,3H2,1-2H3,(H,28,31)/b27-17+. The number of rotatable bonds is 4. The molecule has 0 saturated heterocycles. The molecule has 1 amide bonds. The zero-order chi connectivity index (χ0) is 22.3. The molecule has 158 valence electrons. The summed E-state index contributed by atoms with van der Waals surface area (Å²) < 4.78 is 42.9. The van der Waals surface area contributed by atoms with Crippen molar-refractivity contribution < 1.29 is 23.1 Å². The number of hydrogen-bond acceptors (Lipinski definition) is 3. The van der Waals surface area contributed by atoms with E-state index in [1.807, 2.05) is 24.3 Å². The van der Waals surface area contributed by atoms with Gasteiger partial charge in [0.2, 0.25) is 0 Å². The molecule has 0 aliphatic heterocycles. The van der Waals surface area contributed by atoms with E-state index >= 15 is 0 Å². The number of aryl methyl sites for hydroxylation is 1. The second kappa shape index (κ2) is 7.79. The van der Waals surface area contributed by atoms with Gasteiger partial charge in [-0.1, -0.05) is 31.2 Å². The lowest BCUT2D eigenvalue weighted by molar-refractivity contribution is 0.0952. The molecule has 1 aromatic heterocycles. The van der Waals surface area contributed by atoms with Crippen molar-refractivity contribution in [1.29, 1.82) is 0 Å². The van der Waals surface area contributed by atoms with Crippen molar-refractivity contribution in [2.45, 2.75) is 13.3 Å². The van der Waals surface area contributed by atoms with Gasteiger partial charge in [-0.3, -0.25) is 4.79 Å². The number of halogens is 3. The van der Waals surface area contributed by atoms with Crippen LogP contribution in [0.2, 0.25) is 0 Å². The summed E-state index contributed by atoms with van der Waals surface area (Å²) in [5.41, 5.74) is 3.36. The van der Waals surface area contributed by atoms with Crippen molar-refractivity contribution in [2.75, 3.05) is 0 Å². The highest BCUT2D eigenvalue weighted by molar-refractivity contribution is 6.05. The summed E-state index contributed by atoms with van der Waals surface area (Å²) in [5, 5.41) is 15.8. The van der Waals surface area contributed by atoms with Crippen LogP contribution in [0.1, 0.15) is 29.4 Å². The highest BCUT2D eigenvalue weighted by Crippen LogP contribution is 2.27. The third kappa shape index (κ3) is 3.50. The van der Waals surface area contributed by atoms with Gasteiger partial charge in [0.05, 0.1) is 22.5 Å². The van der Waals surface area contributed by atoms with Crippen LogP contribution in [0.5, 0.6) is 5.75 Å². The van der Waals surface area contributed by atoms with Crippen LogP contribution in [0.4, 0.5) is 13.2 Å². The van der Waals surface area contributed by atoms with Gasteiger partial charge in [0, 0.05) is 18.5 Å². The summed E-state index contributed by atoms with van der Waals surface area (Å²) in [7, 11) is 1.57. The first-order valence-electron chi connectivity index (χ1n) is 9.53. The summed E-state index contributed by atoms with van der Waals surface area (Å²) in [6.07, 6.45) is 0.348. The summed E-state index contributed by atoms with van der Waals surface area (Å²) in [4.78, 5) is 12.6. The molecular weight excluding hydrogens is 407 g/mol. The van der Waals surface area contributed by atoms with E-state index in [2.05, 4.69) is 10.5 Å². The Hall–Kier alpha value is -3.81. The molecule has 4 aromatic rings. The smallest absolute Gasteiger partial charge is 0.275 e. The van der Waals surface area contributed by atoms with Crippen molar-refractivity contribution in [3.8, 4) is 5.75 Å². The topological polar surface area (TPSA) is 66.6 Å². The minimum atomic E-state index is -1.54. The van der Waals surface area contributed by atoms with Crippen LogP contribution in [0.3, 0.4) is 0 Å². The molecule has 0 aliphatic carbocycles. The van der Waals surface area contributed by atoms with Crippen molar-refractivity contribution in [1.82, 2.24) is 9.99 Å². The molecule has 0 radical (unpaired) electrons. The Bertz CT molecular complexity index is 1380. The minimum absolute atomic E-state index is 0.0464. The van der Waals surface area contributed by atoms with Gasteiger partial charge in [-0.05, 0) is 35.4 Å². The van der Waals surface area contributed by atoms with Crippen LogP contribution >= 0.6 is 0 Å². The van der Waals surface area contributed by atoms with Crippen molar-refractivity contribution in [3.63, 3.8) is 0 Å². The first kappa shape index (κ1) is 20.5. The van der Waals surface area contributed by atoms with Crippen LogP contribution in [0.25, 0.3) is 21.7 Å². The van der Waals surface area contributed by atoms with Gasteiger partial charge in [0.25, 0.3) is 5.91 Å². The fraction of sp³-hybridized carbons (Fsp3) is 0.130. The fourth-order valence-electron chi connectivity index (χ4n) is 3.56. The maximum Gasteiger partial charge on any atom is 0.275 e. The Morgan fingerprint density at radius 1 is 1.06 bits per heavy atom. The first-order valence-corrected chi connectivity index (χ1v) is 9.53. The number of carbonyl (C=O) groups excluding carboxylic acids is 1. The molecule has 31 heavy (non-hydrogen) atoms. The lowest BCUT2D eigenvalue weighted by Gasteiger charge is -2.09. The molecular formula is C23H18F3N3O2. The van der Waals surface area contributed by atoms with E-state index in [1.165, 1.54) is 16.7 Å². The lowest BCUT2D eigenvalue weighted by atomic mass is 10.1. The summed E-state index contributed by atoms with van der Waals surface area (Å²) in [6.45, 7) is 1.77. The molecule has 0 fully saturated rings. The maximum absolute atomic E-state index is 14.2. The maximum atomic E-state index is 14.2. The molecule has 1 heterocycles. The summed E-state index contributed by atoms with van der Waals surface area (Å²) in [5.74, 6) is -4.93. The number of nitrogens with one attached hydrogen (secondary N) is 1. The highest BCUT2D eigenvalue weighted by atomic mass is 19.2. The molecule has 3 aromatic carbocycles. The predicted molar refractivity (Wildman–Crippen MR) is 113 cm³/mol. The zero-order valence-electron chi connectivity index (χ0n) is 16.7. The second-order valence-corrected chi connectivity index (χ2v) is 7.08. The number of benzene rings is 3. The van der Waals surface area contributed by atoms with Gasteiger partial charge in [-0.25, -0.2) is 18.6 Å².